The number of nitrogens with two attached hydrogens (primary N) is 1. The van der Waals surface area contributed by atoms with Gasteiger partial charge in [-0.2, -0.15) is 0 Å². The number of nitrogens with zero attached hydrogens (tertiary/aromatic N) is 5. The van der Waals surface area contributed by atoms with Gasteiger partial charge in [-0.25, -0.2) is 0 Å². The Balaban J connectivity index is 0.000000133. The summed E-state index contributed by atoms with van der Waals surface area (Å²) in [7, 11) is 0. The van der Waals surface area contributed by atoms with Crippen molar-refractivity contribution in [3.05, 3.63) is 99.7 Å². The lowest BCUT2D eigenvalue weighted by atomic mass is 10.2. The maximum atomic E-state index is 6.70. The summed E-state index contributed by atoms with van der Waals surface area (Å²) in [6.45, 7) is 13.8. The molecule has 2 saturated carbocycles. The SMILES string of the molecule is NCc1ccc(C2CC2)cn1.[C-]#[N+]c1ccc(C2CC2)cn1.[C-]#[N+]c1ccc(Cl)cn1. The molecule has 5 rings (SSSR count). The average Bonchev–Trinajstić information content (AvgIpc) is 3.74. The lowest BCUT2D eigenvalue weighted by Crippen LogP contribution is -1.98. The molecule has 2 fully saturated rings. The zero-order chi connectivity index (χ0) is 22.1. The Morgan fingerprint density at radius 1 is 0.774 bits per heavy atom. The molecule has 31 heavy (non-hydrogen) atoms. The van der Waals surface area contributed by atoms with Gasteiger partial charge in [0.05, 0.1) is 10.7 Å². The van der Waals surface area contributed by atoms with Gasteiger partial charge in [0.1, 0.15) is 12.4 Å². The van der Waals surface area contributed by atoms with E-state index in [1.807, 2.05) is 24.5 Å². The molecule has 2 aliphatic rings. The highest BCUT2D eigenvalue weighted by Crippen LogP contribution is 2.40. The molecule has 2 aliphatic carbocycles. The number of pyridine rings is 3. The zero-order valence-electron chi connectivity index (χ0n) is 17.1. The molecule has 0 aromatic carbocycles. The van der Waals surface area contributed by atoms with Crippen LogP contribution in [0.4, 0.5) is 11.6 Å². The summed E-state index contributed by atoms with van der Waals surface area (Å²) in [4.78, 5) is 18.3. The highest BCUT2D eigenvalue weighted by Gasteiger charge is 2.24. The van der Waals surface area contributed by atoms with Crippen molar-refractivity contribution in [3.8, 4) is 0 Å². The summed E-state index contributed by atoms with van der Waals surface area (Å²) in [5.74, 6) is 2.41. The summed E-state index contributed by atoms with van der Waals surface area (Å²) in [5.41, 5.74) is 9.08. The molecule has 0 atom stereocenters. The molecule has 0 spiro atoms. The van der Waals surface area contributed by atoms with Crippen LogP contribution in [0.1, 0.15) is 54.3 Å². The van der Waals surface area contributed by atoms with Crippen molar-refractivity contribution in [1.82, 2.24) is 15.0 Å². The maximum Gasteiger partial charge on any atom is 0.269 e. The van der Waals surface area contributed by atoms with Crippen molar-refractivity contribution in [2.75, 3.05) is 0 Å². The molecular weight excluding hydrogens is 408 g/mol. The van der Waals surface area contributed by atoms with Gasteiger partial charge in [-0.1, -0.05) is 36.9 Å². The van der Waals surface area contributed by atoms with Gasteiger partial charge in [0.25, 0.3) is 11.6 Å². The molecule has 0 amide bonds. The molecule has 3 aromatic rings. The van der Waals surface area contributed by atoms with Crippen LogP contribution in [0.2, 0.25) is 5.02 Å². The standard InChI is InChI=1S/C9H8N2.C9H12N2.C6H3ClN2/c1-10-9-5-4-8(6-11-9)7-2-3-7;10-5-9-4-3-8(6-11-9)7-1-2-7;1-8-6-3-2-5(7)4-9-6/h4-7H,2-3H2;3-4,6-7H,1-2,5,10H2;2-4H. The van der Waals surface area contributed by atoms with Crippen molar-refractivity contribution >= 4 is 23.2 Å². The number of aromatic nitrogens is 3. The van der Waals surface area contributed by atoms with Crippen LogP contribution in [0.3, 0.4) is 0 Å². The summed E-state index contributed by atoms with van der Waals surface area (Å²) in [5, 5.41) is 0.558. The van der Waals surface area contributed by atoms with Crippen LogP contribution in [-0.2, 0) is 6.54 Å². The van der Waals surface area contributed by atoms with Crippen LogP contribution in [-0.4, -0.2) is 15.0 Å². The first kappa shape index (κ1) is 22.4. The molecule has 2 N–H and O–H groups in total. The number of hydrogen-bond acceptors (Lipinski definition) is 4. The molecule has 6 nitrogen and oxygen atoms in total. The average molecular weight is 431 g/mol. The van der Waals surface area contributed by atoms with Crippen LogP contribution in [0.15, 0.2) is 55.0 Å². The van der Waals surface area contributed by atoms with E-state index < -0.39 is 0 Å². The minimum atomic E-state index is 0.374. The van der Waals surface area contributed by atoms with E-state index in [2.05, 4.69) is 30.7 Å². The molecule has 0 saturated heterocycles. The van der Waals surface area contributed by atoms with Gasteiger partial charge >= 0.3 is 0 Å². The quantitative estimate of drug-likeness (QED) is 0.501. The summed E-state index contributed by atoms with van der Waals surface area (Å²) >= 11 is 5.50. The largest absolute Gasteiger partial charge is 0.361 e. The molecule has 0 unspecified atom stereocenters. The number of hydrogen-bond donors (Lipinski definition) is 1. The van der Waals surface area contributed by atoms with Gasteiger partial charge in [0.15, 0.2) is 0 Å². The lowest BCUT2D eigenvalue weighted by Gasteiger charge is -1.98. The molecule has 3 aromatic heterocycles. The Hall–Kier alpha value is -3.32. The zero-order valence-corrected chi connectivity index (χ0v) is 17.8. The van der Waals surface area contributed by atoms with E-state index in [0.717, 1.165) is 17.5 Å². The van der Waals surface area contributed by atoms with Crippen LogP contribution in [0.5, 0.6) is 0 Å². The van der Waals surface area contributed by atoms with Crippen molar-refractivity contribution in [2.45, 2.75) is 44.1 Å². The fourth-order valence-electron chi connectivity index (χ4n) is 2.77. The highest BCUT2D eigenvalue weighted by atomic mass is 35.5. The Morgan fingerprint density at radius 2 is 1.29 bits per heavy atom. The van der Waals surface area contributed by atoms with Gasteiger partial charge in [0, 0.05) is 12.7 Å². The third kappa shape index (κ3) is 7.46. The van der Waals surface area contributed by atoms with E-state index >= 15 is 0 Å². The topological polar surface area (TPSA) is 73.4 Å². The summed E-state index contributed by atoms with van der Waals surface area (Å²) in [6, 6.07) is 11.2. The van der Waals surface area contributed by atoms with E-state index in [1.165, 1.54) is 43.0 Å². The van der Waals surface area contributed by atoms with Crippen molar-refractivity contribution in [2.24, 2.45) is 5.73 Å². The normalized spacial score (nSPS) is 14.1. The molecule has 7 heteroatoms. The first-order chi connectivity index (χ1) is 15.1. The minimum absolute atomic E-state index is 0.374. The van der Waals surface area contributed by atoms with Crippen molar-refractivity contribution in [3.63, 3.8) is 0 Å². The van der Waals surface area contributed by atoms with E-state index in [0.29, 0.717) is 23.2 Å². The first-order valence-electron chi connectivity index (χ1n) is 10.1. The van der Waals surface area contributed by atoms with E-state index in [4.69, 9.17) is 30.5 Å². The molecule has 156 valence electrons. The molecule has 3 heterocycles. The summed E-state index contributed by atoms with van der Waals surface area (Å²) in [6.07, 6.45) is 10.5. The third-order valence-electron chi connectivity index (χ3n) is 4.87. The van der Waals surface area contributed by atoms with Gasteiger partial charge in [-0.15, -0.1) is 9.97 Å². The number of rotatable bonds is 3. The fourth-order valence-corrected chi connectivity index (χ4v) is 2.88. The molecule has 0 bridgehead atoms. The Bertz CT molecular complexity index is 1040. The van der Waals surface area contributed by atoms with Crippen LogP contribution in [0.25, 0.3) is 9.69 Å². The monoisotopic (exact) mass is 430 g/mol. The minimum Gasteiger partial charge on any atom is -0.361 e. The predicted molar refractivity (Wildman–Crippen MR) is 122 cm³/mol. The van der Waals surface area contributed by atoms with Gasteiger partial charge in [0.2, 0.25) is 0 Å². The second kappa shape index (κ2) is 11.2. The van der Waals surface area contributed by atoms with Crippen molar-refractivity contribution in [1.29, 1.82) is 0 Å². The predicted octanol–water partition coefficient (Wildman–Crippen LogP) is 6.21. The lowest BCUT2D eigenvalue weighted by molar-refractivity contribution is 0.969. The van der Waals surface area contributed by atoms with Crippen LogP contribution >= 0.6 is 11.6 Å². The van der Waals surface area contributed by atoms with E-state index in [-0.39, 0.29) is 0 Å². The summed E-state index contributed by atoms with van der Waals surface area (Å²) < 4.78 is 0. The van der Waals surface area contributed by atoms with Crippen LogP contribution in [0, 0.1) is 13.1 Å². The van der Waals surface area contributed by atoms with Gasteiger partial charge in [-0.05, 0) is 72.9 Å². The Kier molecular flexibility index (Phi) is 8.06. The van der Waals surface area contributed by atoms with Crippen LogP contribution < -0.4 is 5.73 Å². The second-order valence-electron chi connectivity index (χ2n) is 7.34. The first-order valence-corrected chi connectivity index (χ1v) is 10.5. The Labute approximate surface area is 187 Å². The van der Waals surface area contributed by atoms with Gasteiger partial charge < -0.3 is 15.4 Å². The van der Waals surface area contributed by atoms with E-state index in [1.54, 1.807) is 18.2 Å². The molecule has 0 aliphatic heterocycles. The third-order valence-corrected chi connectivity index (χ3v) is 5.09. The molecular formula is C24H23ClN6. The maximum absolute atomic E-state index is 6.70. The highest BCUT2D eigenvalue weighted by molar-refractivity contribution is 6.30. The number of halogens is 1. The van der Waals surface area contributed by atoms with E-state index in [9.17, 15) is 0 Å². The molecule has 0 radical (unpaired) electrons. The second-order valence-corrected chi connectivity index (χ2v) is 7.78. The smallest absolute Gasteiger partial charge is 0.269 e. The van der Waals surface area contributed by atoms with Crippen molar-refractivity contribution < 1.29 is 0 Å². The Morgan fingerprint density at radius 3 is 1.65 bits per heavy atom. The van der Waals surface area contributed by atoms with Gasteiger partial charge in [-0.3, -0.25) is 4.98 Å². The fraction of sp³-hybridized carbons (Fsp3) is 0.292.